The van der Waals surface area contributed by atoms with Crippen LogP contribution in [0.5, 0.6) is 0 Å². The van der Waals surface area contributed by atoms with Gasteiger partial charge in [-0.1, -0.05) is 27.2 Å². The summed E-state index contributed by atoms with van der Waals surface area (Å²) >= 11 is 0. The monoisotopic (exact) mass is 244 g/mol. The summed E-state index contributed by atoms with van der Waals surface area (Å²) in [5, 5.41) is 13.5. The molecule has 0 aliphatic heterocycles. The number of nitrogens with one attached hydrogen (secondary N) is 1. The van der Waals surface area contributed by atoms with E-state index in [-0.39, 0.29) is 0 Å². The molecular weight excluding hydrogens is 212 g/mol. The Labute approximate surface area is 108 Å². The van der Waals surface area contributed by atoms with E-state index in [2.05, 4.69) is 31.0 Å². The third-order valence-electron chi connectivity index (χ3n) is 3.09. The van der Waals surface area contributed by atoms with Crippen molar-refractivity contribution in [1.29, 1.82) is 0 Å². The lowest BCUT2D eigenvalue weighted by Gasteiger charge is -2.35. The van der Waals surface area contributed by atoms with E-state index in [1.54, 1.807) is 0 Å². The molecule has 1 aliphatic rings. The highest BCUT2D eigenvalue weighted by atomic mass is 16.3. The Hall–Kier alpha value is -0.120. The lowest BCUT2D eigenvalue weighted by molar-refractivity contribution is -0.00779. The number of rotatable bonds is 4. The van der Waals surface area contributed by atoms with Gasteiger partial charge < -0.3 is 10.4 Å². The van der Waals surface area contributed by atoms with Crippen LogP contribution < -0.4 is 5.32 Å². The topological polar surface area (TPSA) is 35.5 Å². The van der Waals surface area contributed by atoms with Gasteiger partial charge in [0.1, 0.15) is 0 Å². The molecule has 0 aromatic heterocycles. The molecular formula is C14H32N2O. The lowest BCUT2D eigenvalue weighted by Crippen LogP contribution is -2.45. The van der Waals surface area contributed by atoms with Crippen LogP contribution in [0.15, 0.2) is 0 Å². The van der Waals surface area contributed by atoms with Crippen LogP contribution in [0.4, 0.5) is 0 Å². The summed E-state index contributed by atoms with van der Waals surface area (Å²) in [6.45, 7) is 8.10. The third-order valence-corrected chi connectivity index (χ3v) is 3.09. The van der Waals surface area contributed by atoms with Gasteiger partial charge in [-0.3, -0.25) is 4.90 Å². The zero-order valence-electron chi connectivity index (χ0n) is 12.4. The highest BCUT2D eigenvalue weighted by molar-refractivity contribution is 4.86. The largest absolute Gasteiger partial charge is 0.389 e. The van der Waals surface area contributed by atoms with Gasteiger partial charge in [0, 0.05) is 13.2 Å². The van der Waals surface area contributed by atoms with Gasteiger partial charge >= 0.3 is 0 Å². The van der Waals surface area contributed by atoms with E-state index >= 15 is 0 Å². The normalized spacial score (nSPS) is 28.8. The smallest absolute Gasteiger partial charge is 0.0772 e. The minimum Gasteiger partial charge on any atom is -0.389 e. The molecule has 0 bridgehead atoms. The van der Waals surface area contributed by atoms with Gasteiger partial charge in [0.15, 0.2) is 0 Å². The first kappa shape index (κ1) is 16.9. The van der Waals surface area contributed by atoms with Crippen molar-refractivity contribution in [3.63, 3.8) is 0 Å². The number of nitrogens with zero attached hydrogens (tertiary/aromatic N) is 1. The van der Waals surface area contributed by atoms with Crippen LogP contribution in [-0.2, 0) is 0 Å². The summed E-state index contributed by atoms with van der Waals surface area (Å²) in [6.07, 6.45) is 5.49. The van der Waals surface area contributed by atoms with Crippen LogP contribution >= 0.6 is 0 Å². The molecule has 0 unspecified atom stereocenters. The molecule has 0 spiro atoms. The fraction of sp³-hybridized carbons (Fsp3) is 1.00. The van der Waals surface area contributed by atoms with Crippen molar-refractivity contribution in [2.45, 2.75) is 58.5 Å². The second-order valence-electron chi connectivity index (χ2n) is 5.78. The molecule has 0 saturated heterocycles. The minimum absolute atomic E-state index is 0.442. The van der Waals surface area contributed by atoms with Crippen molar-refractivity contribution in [2.24, 2.45) is 5.92 Å². The highest BCUT2D eigenvalue weighted by Crippen LogP contribution is 2.31. The maximum absolute atomic E-state index is 10.2. The fourth-order valence-corrected chi connectivity index (χ4v) is 1.99. The van der Waals surface area contributed by atoms with E-state index in [1.165, 1.54) is 19.3 Å². The molecule has 3 nitrogen and oxygen atoms in total. The molecule has 1 rings (SSSR count). The van der Waals surface area contributed by atoms with E-state index in [9.17, 15) is 5.11 Å². The molecule has 2 N–H and O–H groups in total. The molecule has 17 heavy (non-hydrogen) atoms. The molecule has 0 atom stereocenters. The zero-order valence-corrected chi connectivity index (χ0v) is 12.4. The molecule has 0 amide bonds. The van der Waals surface area contributed by atoms with Gasteiger partial charge in [-0.05, 0) is 45.7 Å². The zero-order chi connectivity index (χ0) is 13.3. The Morgan fingerprint density at radius 1 is 1.24 bits per heavy atom. The van der Waals surface area contributed by atoms with Crippen molar-refractivity contribution in [1.82, 2.24) is 10.2 Å². The Morgan fingerprint density at radius 2 is 1.71 bits per heavy atom. The predicted molar refractivity (Wildman–Crippen MR) is 75.1 cm³/mol. The van der Waals surface area contributed by atoms with Crippen molar-refractivity contribution < 1.29 is 5.11 Å². The summed E-state index contributed by atoms with van der Waals surface area (Å²) in [6, 6.07) is 0. The van der Waals surface area contributed by atoms with Crippen molar-refractivity contribution in [2.75, 3.05) is 27.3 Å². The van der Waals surface area contributed by atoms with Gasteiger partial charge in [-0.15, -0.1) is 0 Å². The first-order valence-electron chi connectivity index (χ1n) is 7.01. The standard InChI is InChI=1S/C11H24N2O.C3H8/c1-10-4-6-11(14,7-5-10)8-12-9-13(2)3;1-3-2/h10,12,14H,4-9H2,1-3H3;3H2,1-2H3. The van der Waals surface area contributed by atoms with Crippen LogP contribution in [-0.4, -0.2) is 42.9 Å². The van der Waals surface area contributed by atoms with Crippen molar-refractivity contribution in [3.8, 4) is 0 Å². The summed E-state index contributed by atoms with van der Waals surface area (Å²) in [5.74, 6) is 0.795. The Morgan fingerprint density at radius 3 is 2.12 bits per heavy atom. The lowest BCUT2D eigenvalue weighted by atomic mass is 9.79. The molecule has 1 aliphatic carbocycles. The van der Waals surface area contributed by atoms with Crippen LogP contribution in [0.1, 0.15) is 52.9 Å². The molecule has 1 saturated carbocycles. The highest BCUT2D eigenvalue weighted by Gasteiger charge is 2.31. The molecule has 0 heterocycles. The second kappa shape index (κ2) is 8.90. The molecule has 0 aromatic carbocycles. The summed E-state index contributed by atoms with van der Waals surface area (Å²) in [7, 11) is 4.06. The number of aliphatic hydroxyl groups is 1. The molecule has 104 valence electrons. The summed E-state index contributed by atoms with van der Waals surface area (Å²) in [4.78, 5) is 2.08. The summed E-state index contributed by atoms with van der Waals surface area (Å²) in [5.41, 5.74) is -0.442. The SMILES string of the molecule is CC1CCC(O)(CNCN(C)C)CC1.CCC. The van der Waals surface area contributed by atoms with Crippen LogP contribution in [0, 0.1) is 5.92 Å². The average Bonchev–Trinajstić information content (AvgIpc) is 2.24. The minimum atomic E-state index is -0.442. The Kier molecular flexibility index (Phi) is 8.83. The predicted octanol–water partition coefficient (Wildman–Crippen LogP) is 2.45. The third kappa shape index (κ3) is 8.58. The second-order valence-corrected chi connectivity index (χ2v) is 5.78. The van der Waals surface area contributed by atoms with E-state index in [1.807, 2.05) is 14.1 Å². The number of hydrogen-bond acceptors (Lipinski definition) is 3. The van der Waals surface area contributed by atoms with Crippen LogP contribution in [0.3, 0.4) is 0 Å². The van der Waals surface area contributed by atoms with Crippen molar-refractivity contribution in [3.05, 3.63) is 0 Å². The summed E-state index contributed by atoms with van der Waals surface area (Å²) < 4.78 is 0. The van der Waals surface area contributed by atoms with Gasteiger partial charge in [-0.25, -0.2) is 0 Å². The maximum atomic E-state index is 10.2. The van der Waals surface area contributed by atoms with Crippen molar-refractivity contribution >= 4 is 0 Å². The molecule has 0 aromatic rings. The maximum Gasteiger partial charge on any atom is 0.0772 e. The molecule has 3 heteroatoms. The van der Waals surface area contributed by atoms with Crippen LogP contribution in [0.2, 0.25) is 0 Å². The molecule has 1 fully saturated rings. The Balaban J connectivity index is 0.000000770. The molecule has 0 radical (unpaired) electrons. The first-order valence-corrected chi connectivity index (χ1v) is 7.01. The van der Waals surface area contributed by atoms with Gasteiger partial charge in [0.2, 0.25) is 0 Å². The van der Waals surface area contributed by atoms with E-state index in [4.69, 9.17) is 0 Å². The quantitative estimate of drug-likeness (QED) is 0.746. The van der Waals surface area contributed by atoms with E-state index in [0.29, 0.717) is 0 Å². The van der Waals surface area contributed by atoms with Crippen LogP contribution in [0.25, 0.3) is 0 Å². The van der Waals surface area contributed by atoms with Gasteiger partial charge in [-0.2, -0.15) is 0 Å². The van der Waals surface area contributed by atoms with Gasteiger partial charge in [0.05, 0.1) is 5.60 Å². The van der Waals surface area contributed by atoms with E-state index < -0.39 is 5.60 Å². The van der Waals surface area contributed by atoms with Gasteiger partial charge in [0.25, 0.3) is 0 Å². The number of hydrogen-bond donors (Lipinski definition) is 2. The first-order chi connectivity index (χ1) is 7.93. The van der Waals surface area contributed by atoms with E-state index in [0.717, 1.165) is 32.0 Å². The average molecular weight is 244 g/mol. The fourth-order valence-electron chi connectivity index (χ4n) is 1.99. The Bertz CT molecular complexity index is 175.